The number of anilines is 1. The number of sulfone groups is 1. The number of nitrogens with zero attached hydrogens (tertiary/aromatic N) is 4. The highest BCUT2D eigenvalue weighted by Crippen LogP contribution is 2.17. The van der Waals surface area contributed by atoms with Crippen molar-refractivity contribution in [2.24, 2.45) is 0 Å². The van der Waals surface area contributed by atoms with E-state index in [9.17, 15) is 18.0 Å². The zero-order valence-electron chi connectivity index (χ0n) is 14.0. The number of aryl methyl sites for hydroxylation is 1. The van der Waals surface area contributed by atoms with Gasteiger partial charge in [-0.25, -0.2) is 18.4 Å². The van der Waals surface area contributed by atoms with Gasteiger partial charge in [0.15, 0.2) is 9.84 Å². The van der Waals surface area contributed by atoms with Gasteiger partial charge in [-0.05, 0) is 13.3 Å². The highest BCUT2D eigenvalue weighted by molar-refractivity contribution is 7.91. The number of hydrogen-bond donors (Lipinski definition) is 1. The first-order valence-electron chi connectivity index (χ1n) is 8.17. The minimum atomic E-state index is -2.99. The molecule has 1 atom stereocenters. The molecule has 1 N–H and O–H groups in total. The third-order valence-corrected chi connectivity index (χ3v) is 6.16. The van der Waals surface area contributed by atoms with Crippen molar-refractivity contribution in [3.05, 3.63) is 17.6 Å². The molecule has 0 aromatic carbocycles. The smallest absolute Gasteiger partial charge is 0.272 e. The van der Waals surface area contributed by atoms with Crippen molar-refractivity contribution in [2.75, 3.05) is 43.0 Å². The first-order chi connectivity index (χ1) is 11.9. The number of nitrogens with one attached hydrogen (secondary N) is 1. The number of hydrogen-bond acceptors (Lipinski definition) is 7. The molecule has 2 amide bonds. The largest absolute Gasteiger partial charge is 0.366 e. The minimum Gasteiger partial charge on any atom is -0.366 e. The van der Waals surface area contributed by atoms with Gasteiger partial charge in [0.1, 0.15) is 17.3 Å². The topological polar surface area (TPSA) is 113 Å². The molecule has 0 saturated carbocycles. The summed E-state index contributed by atoms with van der Waals surface area (Å²) in [5, 5.41) is 3.10. The minimum absolute atomic E-state index is 0.0764. The van der Waals surface area contributed by atoms with Crippen LogP contribution in [0.25, 0.3) is 0 Å². The van der Waals surface area contributed by atoms with E-state index in [1.807, 2.05) is 0 Å². The van der Waals surface area contributed by atoms with Crippen molar-refractivity contribution in [1.29, 1.82) is 0 Å². The van der Waals surface area contributed by atoms with Crippen LogP contribution in [0.5, 0.6) is 0 Å². The van der Waals surface area contributed by atoms with Crippen LogP contribution in [-0.2, 0) is 14.6 Å². The van der Waals surface area contributed by atoms with Gasteiger partial charge in [-0.2, -0.15) is 0 Å². The normalized spacial score (nSPS) is 22.7. The lowest BCUT2D eigenvalue weighted by atomic mass is 10.2. The first kappa shape index (κ1) is 17.6. The van der Waals surface area contributed by atoms with Crippen molar-refractivity contribution in [3.63, 3.8) is 0 Å². The van der Waals surface area contributed by atoms with Crippen molar-refractivity contribution >= 4 is 28.0 Å². The Labute approximate surface area is 146 Å². The second-order valence-corrected chi connectivity index (χ2v) is 8.59. The summed E-state index contributed by atoms with van der Waals surface area (Å²) in [5.74, 6) is 0.942. The third-order valence-electron chi connectivity index (χ3n) is 4.39. The molecule has 2 aliphatic heterocycles. The quantitative estimate of drug-likeness (QED) is 0.700. The van der Waals surface area contributed by atoms with Crippen molar-refractivity contribution in [1.82, 2.24) is 19.8 Å². The summed E-state index contributed by atoms with van der Waals surface area (Å²) in [6, 6.07) is 1.37. The zero-order valence-corrected chi connectivity index (χ0v) is 14.8. The van der Waals surface area contributed by atoms with Gasteiger partial charge >= 0.3 is 0 Å². The zero-order chi connectivity index (χ0) is 18.0. The van der Waals surface area contributed by atoms with Crippen LogP contribution in [0.2, 0.25) is 0 Å². The van der Waals surface area contributed by atoms with Crippen LogP contribution in [-0.4, -0.2) is 84.2 Å². The van der Waals surface area contributed by atoms with E-state index in [-0.39, 0.29) is 29.1 Å². The summed E-state index contributed by atoms with van der Waals surface area (Å²) < 4.78 is 23.1. The molecule has 1 unspecified atom stereocenters. The van der Waals surface area contributed by atoms with Gasteiger partial charge in [0, 0.05) is 38.3 Å². The average Bonchev–Trinajstić information content (AvgIpc) is 2.92. The summed E-state index contributed by atoms with van der Waals surface area (Å²) in [4.78, 5) is 35.2. The van der Waals surface area contributed by atoms with E-state index in [1.54, 1.807) is 22.8 Å². The molecule has 3 heterocycles. The lowest BCUT2D eigenvalue weighted by Gasteiger charge is -2.32. The van der Waals surface area contributed by atoms with Gasteiger partial charge < -0.3 is 15.1 Å². The summed E-state index contributed by atoms with van der Waals surface area (Å²) in [6.07, 6.45) is 1.32. The second kappa shape index (κ2) is 6.95. The van der Waals surface area contributed by atoms with E-state index in [0.717, 1.165) is 6.41 Å². The standard InChI is InChI=1S/C15H21N5O4S/c1-11-16-13(15(22)20-5-3-19(10-21)4-6-20)8-14(17-11)18-12-2-7-25(23,24)9-12/h8,10,12H,2-7,9H2,1H3,(H,16,17,18). The molecule has 2 fully saturated rings. The van der Waals surface area contributed by atoms with E-state index in [4.69, 9.17) is 0 Å². The molecule has 9 nitrogen and oxygen atoms in total. The first-order valence-corrected chi connectivity index (χ1v) is 10.00. The fourth-order valence-corrected chi connectivity index (χ4v) is 4.73. The Bertz CT molecular complexity index is 774. The summed E-state index contributed by atoms with van der Waals surface area (Å²) in [6.45, 7) is 3.63. The third kappa shape index (κ3) is 4.25. The fourth-order valence-electron chi connectivity index (χ4n) is 3.06. The molecule has 2 saturated heterocycles. The highest BCUT2D eigenvalue weighted by atomic mass is 32.2. The SMILES string of the molecule is Cc1nc(NC2CCS(=O)(=O)C2)cc(C(=O)N2CCN(C=O)CC2)n1. The number of carbonyl (C=O) groups excluding carboxylic acids is 2. The molecule has 1 aromatic rings. The molecule has 0 spiro atoms. The van der Waals surface area contributed by atoms with Gasteiger partial charge in [0.2, 0.25) is 6.41 Å². The maximum Gasteiger partial charge on any atom is 0.272 e. The molecule has 136 valence electrons. The summed E-state index contributed by atoms with van der Waals surface area (Å²) in [5.41, 5.74) is 0.274. The van der Waals surface area contributed by atoms with E-state index in [2.05, 4.69) is 15.3 Å². The molecule has 0 aliphatic carbocycles. The van der Waals surface area contributed by atoms with Gasteiger partial charge in [-0.3, -0.25) is 9.59 Å². The molecule has 1 aromatic heterocycles. The highest BCUT2D eigenvalue weighted by Gasteiger charge is 2.28. The maximum absolute atomic E-state index is 12.6. The van der Waals surface area contributed by atoms with Crippen LogP contribution in [0.4, 0.5) is 5.82 Å². The predicted octanol–water partition coefficient (Wildman–Crippen LogP) is -0.702. The molecule has 0 radical (unpaired) electrons. The predicted molar refractivity (Wildman–Crippen MR) is 91.0 cm³/mol. The molecule has 25 heavy (non-hydrogen) atoms. The lowest BCUT2D eigenvalue weighted by molar-refractivity contribution is -0.119. The lowest BCUT2D eigenvalue weighted by Crippen LogP contribution is -2.48. The Balaban J connectivity index is 1.71. The number of piperazine rings is 1. The van der Waals surface area contributed by atoms with E-state index < -0.39 is 9.84 Å². The molecule has 10 heteroatoms. The van der Waals surface area contributed by atoms with E-state index >= 15 is 0 Å². The summed E-state index contributed by atoms with van der Waals surface area (Å²) >= 11 is 0. The van der Waals surface area contributed by atoms with Crippen LogP contribution < -0.4 is 5.32 Å². The molecule has 3 rings (SSSR count). The van der Waals surface area contributed by atoms with Crippen molar-refractivity contribution < 1.29 is 18.0 Å². The number of amides is 2. The summed E-state index contributed by atoms with van der Waals surface area (Å²) in [7, 11) is -2.99. The Morgan fingerprint density at radius 3 is 2.60 bits per heavy atom. The van der Waals surface area contributed by atoms with Crippen LogP contribution in [0, 0.1) is 6.92 Å². The van der Waals surface area contributed by atoms with Gasteiger partial charge in [-0.15, -0.1) is 0 Å². The Hall–Kier alpha value is -2.23. The molecule has 0 bridgehead atoms. The number of aromatic nitrogens is 2. The second-order valence-electron chi connectivity index (χ2n) is 6.36. The number of carbonyl (C=O) groups is 2. The van der Waals surface area contributed by atoms with Crippen LogP contribution >= 0.6 is 0 Å². The van der Waals surface area contributed by atoms with Gasteiger partial charge in [0.25, 0.3) is 5.91 Å². The van der Waals surface area contributed by atoms with Gasteiger partial charge in [0.05, 0.1) is 11.5 Å². The van der Waals surface area contributed by atoms with Crippen molar-refractivity contribution in [3.8, 4) is 0 Å². The van der Waals surface area contributed by atoms with E-state index in [1.165, 1.54) is 0 Å². The van der Waals surface area contributed by atoms with Crippen LogP contribution in [0.1, 0.15) is 22.7 Å². The van der Waals surface area contributed by atoms with E-state index in [0.29, 0.717) is 44.2 Å². The maximum atomic E-state index is 12.6. The average molecular weight is 367 g/mol. The molecular weight excluding hydrogens is 346 g/mol. The number of rotatable bonds is 4. The fraction of sp³-hybridized carbons (Fsp3) is 0.600. The Kier molecular flexibility index (Phi) is 4.89. The van der Waals surface area contributed by atoms with Gasteiger partial charge in [-0.1, -0.05) is 0 Å². The Morgan fingerprint density at radius 1 is 1.28 bits per heavy atom. The molecule has 2 aliphatic rings. The monoisotopic (exact) mass is 367 g/mol. The molecular formula is C15H21N5O4S. The Morgan fingerprint density at radius 2 is 2.00 bits per heavy atom. The van der Waals surface area contributed by atoms with Crippen LogP contribution in [0.15, 0.2) is 6.07 Å². The van der Waals surface area contributed by atoms with Crippen molar-refractivity contribution in [2.45, 2.75) is 19.4 Å². The van der Waals surface area contributed by atoms with Crippen LogP contribution in [0.3, 0.4) is 0 Å².